The van der Waals surface area contributed by atoms with E-state index in [1.165, 1.54) is 27.1 Å². The van der Waals surface area contributed by atoms with E-state index >= 15 is 0 Å². The highest BCUT2D eigenvalue weighted by Gasteiger charge is 2.32. The van der Waals surface area contributed by atoms with Crippen LogP contribution in [0.5, 0.6) is 0 Å². The minimum absolute atomic E-state index is 0.0485. The highest BCUT2D eigenvalue weighted by molar-refractivity contribution is 6.07. The fourth-order valence-electron chi connectivity index (χ4n) is 4.91. The van der Waals surface area contributed by atoms with Gasteiger partial charge in [-0.25, -0.2) is 0 Å². The molecule has 0 amide bonds. The number of nitrogens with zero attached hydrogens (tertiary/aromatic N) is 3. The van der Waals surface area contributed by atoms with E-state index in [0.717, 1.165) is 23.4 Å². The molecule has 164 valence electrons. The number of anilines is 1. The predicted molar refractivity (Wildman–Crippen MR) is 137 cm³/mol. The Labute approximate surface area is 196 Å². The molecule has 0 fully saturated rings. The third kappa shape index (κ3) is 3.39. The van der Waals surface area contributed by atoms with Crippen LogP contribution in [0.3, 0.4) is 0 Å². The van der Waals surface area contributed by atoms with Crippen LogP contribution in [-0.2, 0) is 0 Å². The van der Waals surface area contributed by atoms with Crippen LogP contribution in [0.4, 0.5) is 11.4 Å². The zero-order chi connectivity index (χ0) is 23.1. The van der Waals surface area contributed by atoms with Crippen LogP contribution in [0.2, 0.25) is 0 Å². The van der Waals surface area contributed by atoms with Gasteiger partial charge in [-0.05, 0) is 50.9 Å². The normalized spacial score (nSPS) is 15.6. The molecule has 0 aromatic heterocycles. The van der Waals surface area contributed by atoms with Gasteiger partial charge in [-0.2, -0.15) is 5.10 Å². The minimum atomic E-state index is -0.373. The van der Waals surface area contributed by atoms with Crippen LogP contribution in [0.15, 0.2) is 114 Å². The van der Waals surface area contributed by atoms with Crippen molar-refractivity contribution in [3.63, 3.8) is 0 Å². The van der Waals surface area contributed by atoms with E-state index < -0.39 is 0 Å². The largest absolute Gasteiger partial charge is 0.269 e. The van der Waals surface area contributed by atoms with Crippen molar-refractivity contribution in [3.05, 3.63) is 130 Å². The summed E-state index contributed by atoms with van der Waals surface area (Å²) < 4.78 is 0. The third-order valence-electron chi connectivity index (χ3n) is 6.49. The number of hydrazone groups is 1. The molecule has 0 aliphatic carbocycles. The van der Waals surface area contributed by atoms with Gasteiger partial charge in [-0.3, -0.25) is 15.1 Å². The number of hydrogen-bond acceptors (Lipinski definition) is 4. The molecule has 1 unspecified atom stereocenters. The predicted octanol–water partition coefficient (Wildman–Crippen LogP) is 7.26. The lowest BCUT2D eigenvalue weighted by Gasteiger charge is -2.26. The molecule has 0 radical (unpaired) electrons. The summed E-state index contributed by atoms with van der Waals surface area (Å²) in [6.07, 6.45) is 0.735. The van der Waals surface area contributed by atoms with Crippen molar-refractivity contribution in [2.75, 3.05) is 5.01 Å². The molecule has 0 N–H and O–H groups in total. The van der Waals surface area contributed by atoms with Crippen molar-refractivity contribution in [2.24, 2.45) is 5.10 Å². The van der Waals surface area contributed by atoms with Gasteiger partial charge in [0.05, 0.1) is 22.4 Å². The number of benzene rings is 5. The van der Waals surface area contributed by atoms with Gasteiger partial charge in [0.1, 0.15) is 0 Å². The van der Waals surface area contributed by atoms with Crippen molar-refractivity contribution >= 4 is 38.6 Å². The molecule has 0 saturated carbocycles. The Morgan fingerprint density at radius 2 is 1.35 bits per heavy atom. The third-order valence-corrected chi connectivity index (χ3v) is 6.49. The number of fused-ring (bicyclic) bond motifs is 2. The first kappa shape index (κ1) is 20.1. The first-order valence-electron chi connectivity index (χ1n) is 11.3. The molecule has 5 heteroatoms. The zero-order valence-electron chi connectivity index (χ0n) is 18.3. The van der Waals surface area contributed by atoms with Crippen molar-refractivity contribution in [1.82, 2.24) is 0 Å². The lowest BCUT2D eigenvalue weighted by Crippen LogP contribution is -2.19. The summed E-state index contributed by atoms with van der Waals surface area (Å²) >= 11 is 0. The molecule has 0 saturated heterocycles. The minimum Gasteiger partial charge on any atom is -0.258 e. The van der Waals surface area contributed by atoms with E-state index in [0.29, 0.717) is 0 Å². The smallest absolute Gasteiger partial charge is 0.258 e. The summed E-state index contributed by atoms with van der Waals surface area (Å²) in [5.41, 5.74) is 4.21. The van der Waals surface area contributed by atoms with Crippen molar-refractivity contribution in [1.29, 1.82) is 0 Å². The van der Waals surface area contributed by atoms with Crippen LogP contribution in [-0.4, -0.2) is 10.6 Å². The first-order chi connectivity index (χ1) is 16.7. The molecule has 0 spiro atoms. The van der Waals surface area contributed by atoms with Gasteiger partial charge in [-0.1, -0.05) is 78.9 Å². The second-order valence-electron chi connectivity index (χ2n) is 8.48. The maximum atomic E-state index is 11.2. The molecule has 5 nitrogen and oxygen atoms in total. The van der Waals surface area contributed by atoms with E-state index in [1.54, 1.807) is 24.3 Å². The lowest BCUT2D eigenvalue weighted by atomic mass is 9.89. The first-order valence-corrected chi connectivity index (χ1v) is 11.3. The Balaban J connectivity index is 1.57. The van der Waals surface area contributed by atoms with E-state index in [9.17, 15) is 10.1 Å². The summed E-state index contributed by atoms with van der Waals surface area (Å²) in [6, 6.07) is 36.0. The Bertz CT molecular complexity index is 1510. The molecule has 1 atom stereocenters. The molecule has 1 aliphatic rings. The molecule has 5 aromatic rings. The standard InChI is InChI=1S/C29H21N3O2/c33-32(34)24-16-14-23(15-17-24)31-28(19-27(30-31)20-8-2-1-3-9-20)29-25-12-6-4-10-21(25)18-22-11-5-7-13-26(22)29/h1-18,28H,19H2. The van der Waals surface area contributed by atoms with Gasteiger partial charge < -0.3 is 0 Å². The van der Waals surface area contributed by atoms with Gasteiger partial charge in [0, 0.05) is 18.6 Å². The van der Waals surface area contributed by atoms with Gasteiger partial charge in [0.25, 0.3) is 5.69 Å². The maximum Gasteiger partial charge on any atom is 0.269 e. The Morgan fingerprint density at radius 1 is 0.765 bits per heavy atom. The van der Waals surface area contributed by atoms with Gasteiger partial charge in [-0.15, -0.1) is 0 Å². The van der Waals surface area contributed by atoms with E-state index in [4.69, 9.17) is 5.10 Å². The molecule has 1 aliphatic heterocycles. The summed E-state index contributed by atoms with van der Waals surface area (Å²) in [5, 5.41) is 23.1. The average Bonchev–Trinajstić information content (AvgIpc) is 3.33. The zero-order valence-corrected chi connectivity index (χ0v) is 18.3. The van der Waals surface area contributed by atoms with E-state index in [1.807, 2.05) is 23.2 Å². The van der Waals surface area contributed by atoms with Crippen molar-refractivity contribution < 1.29 is 4.92 Å². The fourth-order valence-corrected chi connectivity index (χ4v) is 4.91. The number of hydrogen-bond donors (Lipinski definition) is 0. The molecular weight excluding hydrogens is 422 g/mol. The second-order valence-corrected chi connectivity index (χ2v) is 8.48. The number of non-ortho nitro benzene ring substituents is 1. The monoisotopic (exact) mass is 443 g/mol. The Hall–Kier alpha value is -4.51. The number of nitro groups is 1. The fraction of sp³-hybridized carbons (Fsp3) is 0.0690. The molecule has 0 bridgehead atoms. The van der Waals surface area contributed by atoms with Crippen molar-refractivity contribution in [3.8, 4) is 0 Å². The SMILES string of the molecule is O=[N+]([O-])c1ccc(N2N=C(c3ccccc3)CC2c2c3ccccc3cc3ccccc23)cc1. The summed E-state index contributed by atoms with van der Waals surface area (Å²) in [5.74, 6) is 0. The van der Waals surface area contributed by atoms with Crippen LogP contribution < -0.4 is 5.01 Å². The summed E-state index contributed by atoms with van der Waals surface area (Å²) in [6.45, 7) is 0. The lowest BCUT2D eigenvalue weighted by molar-refractivity contribution is -0.384. The number of nitro benzene ring substituents is 1. The summed E-state index contributed by atoms with van der Waals surface area (Å²) in [7, 11) is 0. The van der Waals surface area contributed by atoms with Crippen LogP contribution in [0, 0.1) is 10.1 Å². The van der Waals surface area contributed by atoms with Gasteiger partial charge in [0.2, 0.25) is 0 Å². The van der Waals surface area contributed by atoms with Crippen LogP contribution >= 0.6 is 0 Å². The maximum absolute atomic E-state index is 11.2. The molecular formula is C29H21N3O2. The second kappa shape index (κ2) is 8.12. The molecule has 6 rings (SSSR count). The number of rotatable bonds is 4. The summed E-state index contributed by atoms with van der Waals surface area (Å²) in [4.78, 5) is 10.8. The highest BCUT2D eigenvalue weighted by Crippen LogP contribution is 2.43. The Kier molecular flexibility index (Phi) is 4.81. The van der Waals surface area contributed by atoms with E-state index in [2.05, 4.69) is 66.7 Å². The highest BCUT2D eigenvalue weighted by atomic mass is 16.6. The van der Waals surface area contributed by atoms with E-state index in [-0.39, 0.29) is 16.7 Å². The Morgan fingerprint density at radius 3 is 1.97 bits per heavy atom. The topological polar surface area (TPSA) is 58.7 Å². The van der Waals surface area contributed by atoms with Gasteiger partial charge >= 0.3 is 0 Å². The van der Waals surface area contributed by atoms with Crippen molar-refractivity contribution in [2.45, 2.75) is 12.5 Å². The van der Waals surface area contributed by atoms with Crippen LogP contribution in [0.1, 0.15) is 23.6 Å². The quantitative estimate of drug-likeness (QED) is 0.167. The molecule has 5 aromatic carbocycles. The molecule has 34 heavy (non-hydrogen) atoms. The van der Waals surface area contributed by atoms with Gasteiger partial charge in [0.15, 0.2) is 0 Å². The van der Waals surface area contributed by atoms with Crippen LogP contribution in [0.25, 0.3) is 21.5 Å². The molecule has 1 heterocycles. The average molecular weight is 444 g/mol.